The lowest BCUT2D eigenvalue weighted by Gasteiger charge is -2.23. The summed E-state index contributed by atoms with van der Waals surface area (Å²) < 4.78 is 40.8. The zero-order valence-corrected chi connectivity index (χ0v) is 15.8. The Labute approximate surface area is 167 Å². The molecule has 1 aliphatic heterocycles. The van der Waals surface area contributed by atoms with Gasteiger partial charge in [-0.3, -0.25) is 9.69 Å². The van der Waals surface area contributed by atoms with Crippen LogP contribution in [0.4, 0.5) is 18.0 Å². The Bertz CT molecular complexity index is 1140. The van der Waals surface area contributed by atoms with Gasteiger partial charge < -0.3 is 9.72 Å². The molecule has 0 spiro atoms. The Kier molecular flexibility index (Phi) is 4.30. The molecule has 0 aliphatic carbocycles. The van der Waals surface area contributed by atoms with Crippen molar-refractivity contribution in [3.63, 3.8) is 0 Å². The second kappa shape index (κ2) is 6.48. The Balaban J connectivity index is 1.64. The van der Waals surface area contributed by atoms with Crippen LogP contribution < -0.4 is 5.32 Å². The minimum atomic E-state index is -4.56. The summed E-state index contributed by atoms with van der Waals surface area (Å²) in [6, 6.07) is 7.00. The van der Waals surface area contributed by atoms with Gasteiger partial charge in [-0.1, -0.05) is 23.7 Å². The number of benzene rings is 1. The van der Waals surface area contributed by atoms with Crippen molar-refractivity contribution in [2.45, 2.75) is 25.2 Å². The van der Waals surface area contributed by atoms with Crippen molar-refractivity contribution in [1.82, 2.24) is 19.6 Å². The summed E-state index contributed by atoms with van der Waals surface area (Å²) in [6.45, 7) is 1.25. The molecule has 10 heteroatoms. The number of imide groups is 1. The van der Waals surface area contributed by atoms with Crippen LogP contribution in [0.25, 0.3) is 5.65 Å². The predicted octanol–water partition coefficient (Wildman–Crippen LogP) is 3.97. The molecular weight excluding hydrogens is 409 g/mol. The fraction of sp³-hybridized carbons (Fsp3) is 0.211. The number of fused-ring (bicyclic) bond motifs is 1. The molecule has 4 rings (SSSR count). The van der Waals surface area contributed by atoms with Crippen LogP contribution in [0.1, 0.15) is 23.7 Å². The van der Waals surface area contributed by atoms with Gasteiger partial charge in [0.2, 0.25) is 0 Å². The first kappa shape index (κ1) is 19.3. The fourth-order valence-electron chi connectivity index (χ4n) is 3.30. The van der Waals surface area contributed by atoms with Crippen molar-refractivity contribution in [1.29, 1.82) is 0 Å². The van der Waals surface area contributed by atoms with Crippen molar-refractivity contribution < 1.29 is 22.8 Å². The SMILES string of the molecule is CC1(c2cccc(C(F)(F)F)c2)NC(=O)N(Cc2cn3cc(Cl)ccc3n2)C1=O. The van der Waals surface area contributed by atoms with Crippen LogP contribution in [0.5, 0.6) is 0 Å². The van der Waals surface area contributed by atoms with Gasteiger partial charge >= 0.3 is 12.2 Å². The smallest absolute Gasteiger partial charge is 0.319 e. The normalized spacial score (nSPS) is 19.8. The summed E-state index contributed by atoms with van der Waals surface area (Å²) in [5, 5.41) is 3.00. The standard InChI is InChI=1S/C19H14ClF3N4O2/c1-18(11-3-2-4-12(7-11)19(21,22)23)16(28)27(17(29)25-18)10-14-9-26-8-13(20)5-6-15(26)24-14/h2-9H,10H2,1H3,(H,25,29). The first-order valence-corrected chi connectivity index (χ1v) is 8.91. The number of rotatable bonds is 3. The van der Waals surface area contributed by atoms with E-state index in [1.807, 2.05) is 0 Å². The molecule has 1 N–H and O–H groups in total. The number of aromatic nitrogens is 2. The predicted molar refractivity (Wildman–Crippen MR) is 98.1 cm³/mol. The zero-order valence-electron chi connectivity index (χ0n) is 15.0. The van der Waals surface area contributed by atoms with Gasteiger partial charge in [0, 0.05) is 12.4 Å². The van der Waals surface area contributed by atoms with Gasteiger partial charge in [0.05, 0.1) is 22.8 Å². The number of imidazole rings is 1. The highest BCUT2D eigenvalue weighted by molar-refractivity contribution is 6.30. The van der Waals surface area contributed by atoms with Gasteiger partial charge in [0.15, 0.2) is 0 Å². The third kappa shape index (κ3) is 3.31. The fourth-order valence-corrected chi connectivity index (χ4v) is 3.47. The Morgan fingerprint density at radius 3 is 2.66 bits per heavy atom. The minimum Gasteiger partial charge on any atom is -0.319 e. The molecule has 6 nitrogen and oxygen atoms in total. The van der Waals surface area contributed by atoms with E-state index in [-0.39, 0.29) is 12.1 Å². The first-order valence-electron chi connectivity index (χ1n) is 8.53. The van der Waals surface area contributed by atoms with E-state index in [1.165, 1.54) is 19.1 Å². The lowest BCUT2D eigenvalue weighted by molar-refractivity contribution is -0.138. The van der Waals surface area contributed by atoms with E-state index < -0.39 is 29.2 Å². The molecule has 2 aromatic heterocycles. The van der Waals surface area contributed by atoms with Crippen molar-refractivity contribution in [2.75, 3.05) is 0 Å². The van der Waals surface area contributed by atoms with Gasteiger partial charge in [-0.15, -0.1) is 0 Å². The van der Waals surface area contributed by atoms with Crippen LogP contribution in [0.15, 0.2) is 48.8 Å². The number of nitrogens with zero attached hydrogens (tertiary/aromatic N) is 3. The van der Waals surface area contributed by atoms with Crippen LogP contribution in [-0.2, 0) is 23.1 Å². The molecule has 0 saturated carbocycles. The zero-order chi connectivity index (χ0) is 21.0. The molecule has 0 radical (unpaired) electrons. The van der Waals surface area contributed by atoms with Crippen LogP contribution in [0, 0.1) is 0 Å². The number of hydrogen-bond acceptors (Lipinski definition) is 3. The maximum Gasteiger partial charge on any atom is 0.416 e. The monoisotopic (exact) mass is 422 g/mol. The maximum absolute atomic E-state index is 13.0. The van der Waals surface area contributed by atoms with Crippen LogP contribution in [0.2, 0.25) is 5.02 Å². The Hall–Kier alpha value is -3.07. The molecule has 1 aliphatic rings. The summed E-state index contributed by atoms with van der Waals surface area (Å²) in [4.78, 5) is 30.7. The highest BCUT2D eigenvalue weighted by atomic mass is 35.5. The van der Waals surface area contributed by atoms with Crippen LogP contribution in [-0.4, -0.2) is 26.2 Å². The molecule has 1 aromatic carbocycles. The summed E-state index contributed by atoms with van der Waals surface area (Å²) in [5.41, 5.74) is -1.44. The van der Waals surface area contributed by atoms with E-state index in [1.54, 1.807) is 28.9 Å². The quantitative estimate of drug-likeness (QED) is 0.649. The topological polar surface area (TPSA) is 66.7 Å². The molecule has 1 unspecified atom stereocenters. The third-order valence-electron chi connectivity index (χ3n) is 4.83. The molecule has 1 atom stereocenters. The molecule has 3 amide bonds. The molecule has 0 bridgehead atoms. The number of halogens is 4. The summed E-state index contributed by atoms with van der Waals surface area (Å²) >= 11 is 5.94. The Morgan fingerprint density at radius 1 is 1.17 bits per heavy atom. The second-order valence-electron chi connectivity index (χ2n) is 6.87. The minimum absolute atomic E-state index is 0.0509. The number of alkyl halides is 3. The van der Waals surface area contributed by atoms with Crippen LogP contribution >= 0.6 is 11.6 Å². The number of pyridine rings is 1. The number of urea groups is 1. The number of carbonyl (C=O) groups excluding carboxylic acids is 2. The average Bonchev–Trinajstić information content (AvgIpc) is 3.15. The molecular formula is C19H14ClF3N4O2. The van der Waals surface area contributed by atoms with Crippen LogP contribution in [0.3, 0.4) is 0 Å². The van der Waals surface area contributed by atoms with Gasteiger partial charge in [-0.05, 0) is 36.8 Å². The lowest BCUT2D eigenvalue weighted by atomic mass is 9.90. The van der Waals surface area contributed by atoms with E-state index in [9.17, 15) is 22.8 Å². The van der Waals surface area contributed by atoms with Gasteiger partial charge in [-0.25, -0.2) is 9.78 Å². The summed E-state index contributed by atoms with van der Waals surface area (Å²) in [6.07, 6.45) is -1.30. The number of hydrogen-bond donors (Lipinski definition) is 1. The number of nitrogens with one attached hydrogen (secondary N) is 1. The van der Waals surface area contributed by atoms with E-state index in [2.05, 4.69) is 10.3 Å². The molecule has 1 saturated heterocycles. The lowest BCUT2D eigenvalue weighted by Crippen LogP contribution is -2.41. The highest BCUT2D eigenvalue weighted by Crippen LogP contribution is 2.35. The van der Waals surface area contributed by atoms with Gasteiger partial charge in [0.1, 0.15) is 11.2 Å². The third-order valence-corrected chi connectivity index (χ3v) is 5.05. The number of amides is 3. The second-order valence-corrected chi connectivity index (χ2v) is 7.31. The molecule has 150 valence electrons. The van der Waals surface area contributed by atoms with E-state index in [4.69, 9.17) is 11.6 Å². The van der Waals surface area contributed by atoms with Crippen molar-refractivity contribution >= 4 is 29.2 Å². The molecule has 29 heavy (non-hydrogen) atoms. The van der Waals surface area contributed by atoms with Crippen molar-refractivity contribution in [3.05, 3.63) is 70.6 Å². The van der Waals surface area contributed by atoms with Gasteiger partial charge in [0.25, 0.3) is 5.91 Å². The largest absolute Gasteiger partial charge is 0.416 e. The maximum atomic E-state index is 13.0. The summed E-state index contributed by atoms with van der Waals surface area (Å²) in [5.74, 6) is -0.656. The van der Waals surface area contributed by atoms with Crippen molar-refractivity contribution in [2.24, 2.45) is 0 Å². The molecule has 3 aromatic rings. The first-order chi connectivity index (χ1) is 13.6. The Morgan fingerprint density at radius 2 is 1.93 bits per heavy atom. The van der Waals surface area contributed by atoms with E-state index >= 15 is 0 Å². The molecule has 1 fully saturated rings. The average molecular weight is 423 g/mol. The summed E-state index contributed by atoms with van der Waals surface area (Å²) in [7, 11) is 0. The highest BCUT2D eigenvalue weighted by Gasteiger charge is 2.49. The van der Waals surface area contributed by atoms with Crippen molar-refractivity contribution in [3.8, 4) is 0 Å². The van der Waals surface area contributed by atoms with Gasteiger partial charge in [-0.2, -0.15) is 13.2 Å². The van der Waals surface area contributed by atoms with E-state index in [0.29, 0.717) is 16.4 Å². The molecule has 3 heterocycles. The van der Waals surface area contributed by atoms with E-state index in [0.717, 1.165) is 17.0 Å². The number of carbonyl (C=O) groups is 2.